The van der Waals surface area contributed by atoms with Crippen LogP contribution < -0.4 is 0 Å². The molecule has 1 aliphatic heterocycles. The molecule has 0 bridgehead atoms. The van der Waals surface area contributed by atoms with Crippen LogP contribution in [0.25, 0.3) is 0 Å². The van der Waals surface area contributed by atoms with Crippen LogP contribution in [-0.4, -0.2) is 40.8 Å². The first-order valence-electron chi connectivity index (χ1n) is 7.54. The molecule has 2 aromatic rings. The Labute approximate surface area is 129 Å². The van der Waals surface area contributed by atoms with E-state index >= 15 is 0 Å². The van der Waals surface area contributed by atoms with Crippen molar-refractivity contribution in [1.82, 2.24) is 14.7 Å². The number of aryl methyl sites for hydroxylation is 1. The number of hydrogen-bond donors (Lipinski definition) is 0. The molecule has 22 heavy (non-hydrogen) atoms. The number of hydrogen-bond acceptors (Lipinski definition) is 5. The van der Waals surface area contributed by atoms with Gasteiger partial charge < -0.3 is 9.15 Å². The van der Waals surface area contributed by atoms with E-state index in [4.69, 9.17) is 4.42 Å². The summed E-state index contributed by atoms with van der Waals surface area (Å²) in [6.45, 7) is 2.74. The highest BCUT2D eigenvalue weighted by molar-refractivity contribution is 5.86. The highest BCUT2D eigenvalue weighted by Crippen LogP contribution is 2.27. The van der Waals surface area contributed by atoms with Crippen molar-refractivity contribution in [2.24, 2.45) is 7.05 Å². The predicted molar refractivity (Wildman–Crippen MR) is 80.5 cm³/mol. The van der Waals surface area contributed by atoms with Gasteiger partial charge in [-0.1, -0.05) is 0 Å². The largest absolute Gasteiger partial charge is 0.463 e. The molecule has 6 heteroatoms. The minimum Gasteiger partial charge on any atom is -0.463 e. The summed E-state index contributed by atoms with van der Waals surface area (Å²) in [6.07, 6.45) is 4.19. The van der Waals surface area contributed by atoms with Crippen molar-refractivity contribution in [3.05, 3.63) is 41.6 Å². The van der Waals surface area contributed by atoms with Gasteiger partial charge in [0.2, 0.25) is 5.76 Å². The lowest BCUT2D eigenvalue weighted by Gasteiger charge is -2.32. The summed E-state index contributed by atoms with van der Waals surface area (Å²) >= 11 is 0. The lowest BCUT2D eigenvalue weighted by Crippen LogP contribution is -2.34. The van der Waals surface area contributed by atoms with Crippen LogP contribution in [0.3, 0.4) is 0 Å². The Hall–Kier alpha value is -2.08. The van der Waals surface area contributed by atoms with Gasteiger partial charge in [-0.2, -0.15) is 5.10 Å². The molecule has 2 aromatic heterocycles. The lowest BCUT2D eigenvalue weighted by molar-refractivity contribution is 0.0560. The summed E-state index contributed by atoms with van der Waals surface area (Å²) in [4.78, 5) is 13.8. The Morgan fingerprint density at radius 3 is 3.05 bits per heavy atom. The van der Waals surface area contributed by atoms with E-state index in [0.717, 1.165) is 25.3 Å². The summed E-state index contributed by atoms with van der Waals surface area (Å²) in [5.41, 5.74) is 1.28. The highest BCUT2D eigenvalue weighted by atomic mass is 16.5. The standard InChI is InChI=1S/C16H21N3O3/c1-18-14(7-8-17-18)12-4-3-9-19(10-12)11-13-5-6-15(22-13)16(20)21-2/h5-8,12H,3-4,9-11H2,1-2H3. The number of aromatic nitrogens is 2. The average molecular weight is 303 g/mol. The van der Waals surface area contributed by atoms with Crippen molar-refractivity contribution in [2.75, 3.05) is 20.2 Å². The number of methoxy groups -OCH3 is 1. The third-order valence-corrected chi connectivity index (χ3v) is 4.21. The molecule has 1 aliphatic rings. The first-order valence-corrected chi connectivity index (χ1v) is 7.54. The number of carbonyl (C=O) groups excluding carboxylic acids is 1. The van der Waals surface area contributed by atoms with Gasteiger partial charge in [-0.05, 0) is 37.6 Å². The van der Waals surface area contributed by atoms with Crippen molar-refractivity contribution in [3.63, 3.8) is 0 Å². The van der Waals surface area contributed by atoms with Gasteiger partial charge in [-0.15, -0.1) is 0 Å². The Morgan fingerprint density at radius 2 is 2.32 bits per heavy atom. The van der Waals surface area contributed by atoms with Gasteiger partial charge in [0.15, 0.2) is 0 Å². The van der Waals surface area contributed by atoms with Crippen LogP contribution in [0, 0.1) is 0 Å². The van der Waals surface area contributed by atoms with Crippen LogP contribution in [0.2, 0.25) is 0 Å². The van der Waals surface area contributed by atoms with Crippen molar-refractivity contribution in [2.45, 2.75) is 25.3 Å². The number of piperidine rings is 1. The van der Waals surface area contributed by atoms with Gasteiger partial charge in [0, 0.05) is 31.4 Å². The maximum absolute atomic E-state index is 11.4. The Kier molecular flexibility index (Phi) is 4.29. The molecule has 1 saturated heterocycles. The lowest BCUT2D eigenvalue weighted by atomic mass is 9.94. The second-order valence-corrected chi connectivity index (χ2v) is 5.71. The number of nitrogens with zero attached hydrogens (tertiary/aromatic N) is 3. The molecule has 0 saturated carbocycles. The van der Waals surface area contributed by atoms with Crippen LogP contribution >= 0.6 is 0 Å². The zero-order valence-corrected chi connectivity index (χ0v) is 13.0. The molecule has 1 atom stereocenters. The minimum atomic E-state index is -0.433. The second kappa shape index (κ2) is 6.36. The first kappa shape index (κ1) is 14.8. The van der Waals surface area contributed by atoms with E-state index < -0.39 is 5.97 Å². The summed E-state index contributed by atoms with van der Waals surface area (Å²) < 4.78 is 12.2. The van der Waals surface area contributed by atoms with E-state index in [-0.39, 0.29) is 5.76 Å². The van der Waals surface area contributed by atoms with Gasteiger partial charge in [0.05, 0.1) is 13.7 Å². The zero-order chi connectivity index (χ0) is 15.5. The molecule has 1 unspecified atom stereocenters. The van der Waals surface area contributed by atoms with E-state index in [0.29, 0.717) is 12.5 Å². The first-order chi connectivity index (χ1) is 10.7. The summed E-state index contributed by atoms with van der Waals surface area (Å²) in [7, 11) is 3.34. The van der Waals surface area contributed by atoms with Gasteiger partial charge in [0.1, 0.15) is 5.76 Å². The number of rotatable bonds is 4. The van der Waals surface area contributed by atoms with Gasteiger partial charge in [-0.25, -0.2) is 4.79 Å². The average Bonchev–Trinajstić information content (AvgIpc) is 3.16. The number of furan rings is 1. The molecule has 3 heterocycles. The molecule has 0 spiro atoms. The smallest absolute Gasteiger partial charge is 0.373 e. The van der Waals surface area contributed by atoms with Crippen molar-refractivity contribution >= 4 is 5.97 Å². The van der Waals surface area contributed by atoms with E-state index in [1.807, 2.05) is 24.0 Å². The molecule has 0 N–H and O–H groups in total. The molecule has 118 valence electrons. The van der Waals surface area contributed by atoms with E-state index in [2.05, 4.69) is 20.8 Å². The summed E-state index contributed by atoms with van der Waals surface area (Å²) in [5.74, 6) is 1.12. The molecule has 0 aliphatic carbocycles. The topological polar surface area (TPSA) is 60.5 Å². The highest BCUT2D eigenvalue weighted by Gasteiger charge is 2.24. The fourth-order valence-corrected chi connectivity index (χ4v) is 3.12. The fourth-order valence-electron chi connectivity index (χ4n) is 3.12. The van der Waals surface area contributed by atoms with Crippen molar-refractivity contribution < 1.29 is 13.9 Å². The van der Waals surface area contributed by atoms with Gasteiger partial charge >= 0.3 is 5.97 Å². The van der Waals surface area contributed by atoms with Gasteiger partial charge in [0.25, 0.3) is 0 Å². The van der Waals surface area contributed by atoms with Crippen LogP contribution in [0.4, 0.5) is 0 Å². The van der Waals surface area contributed by atoms with Crippen molar-refractivity contribution in [3.8, 4) is 0 Å². The van der Waals surface area contributed by atoms with E-state index in [9.17, 15) is 4.79 Å². The predicted octanol–water partition coefficient (Wildman–Crippen LogP) is 2.18. The fraction of sp³-hybridized carbons (Fsp3) is 0.500. The molecule has 0 amide bonds. The third-order valence-electron chi connectivity index (χ3n) is 4.21. The Balaban J connectivity index is 1.64. The van der Waals surface area contributed by atoms with Crippen LogP contribution in [-0.2, 0) is 18.3 Å². The summed E-state index contributed by atoms with van der Waals surface area (Å²) in [5, 5.41) is 4.26. The van der Waals surface area contributed by atoms with Crippen LogP contribution in [0.5, 0.6) is 0 Å². The maximum atomic E-state index is 11.4. The number of carbonyl (C=O) groups is 1. The third kappa shape index (κ3) is 3.06. The zero-order valence-electron chi connectivity index (χ0n) is 13.0. The SMILES string of the molecule is COC(=O)c1ccc(CN2CCCC(c3ccnn3C)C2)o1. The number of likely N-dealkylation sites (tertiary alicyclic amines) is 1. The Bertz CT molecular complexity index is 647. The van der Waals surface area contributed by atoms with Crippen molar-refractivity contribution in [1.29, 1.82) is 0 Å². The second-order valence-electron chi connectivity index (χ2n) is 5.71. The van der Waals surface area contributed by atoms with Crippen LogP contribution in [0.15, 0.2) is 28.8 Å². The molecule has 0 aromatic carbocycles. The number of esters is 1. The number of ether oxygens (including phenoxy) is 1. The minimum absolute atomic E-state index is 0.262. The molecule has 0 radical (unpaired) electrons. The summed E-state index contributed by atoms with van der Waals surface area (Å²) in [6, 6.07) is 5.61. The van der Waals surface area contributed by atoms with Crippen LogP contribution in [0.1, 0.15) is 40.8 Å². The van der Waals surface area contributed by atoms with E-state index in [1.54, 1.807) is 6.07 Å². The maximum Gasteiger partial charge on any atom is 0.373 e. The molecular weight excluding hydrogens is 282 g/mol. The normalized spacial score (nSPS) is 19.3. The molecule has 6 nitrogen and oxygen atoms in total. The van der Waals surface area contributed by atoms with E-state index in [1.165, 1.54) is 19.2 Å². The Morgan fingerprint density at radius 1 is 1.45 bits per heavy atom. The molecule has 1 fully saturated rings. The molecule has 3 rings (SSSR count). The quantitative estimate of drug-likeness (QED) is 0.810. The monoisotopic (exact) mass is 303 g/mol. The van der Waals surface area contributed by atoms with Gasteiger partial charge in [-0.3, -0.25) is 9.58 Å². The molecular formula is C16H21N3O3.